The van der Waals surface area contributed by atoms with Gasteiger partial charge in [0.05, 0.1) is 20.3 Å². The highest BCUT2D eigenvalue weighted by molar-refractivity contribution is 5.79. The molecule has 0 aliphatic carbocycles. The molecule has 1 atom stereocenters. The minimum atomic E-state index is -0.170. The van der Waals surface area contributed by atoms with Crippen LogP contribution in [0.15, 0.2) is 36.4 Å². The van der Waals surface area contributed by atoms with Crippen LogP contribution < -0.4 is 14.2 Å². The van der Waals surface area contributed by atoms with E-state index in [1.165, 1.54) is 11.1 Å². The van der Waals surface area contributed by atoms with Crippen molar-refractivity contribution in [1.29, 1.82) is 0 Å². The first-order valence-corrected chi connectivity index (χ1v) is 11.7. The molecule has 1 aliphatic heterocycles. The number of benzene rings is 2. The molecule has 3 rings (SSSR count). The first kappa shape index (κ1) is 24.0. The van der Waals surface area contributed by atoms with Gasteiger partial charge in [-0.25, -0.2) is 0 Å². The quantitative estimate of drug-likeness (QED) is 0.498. The van der Waals surface area contributed by atoms with Crippen molar-refractivity contribution in [3.8, 4) is 17.2 Å². The number of methoxy groups -OCH3 is 2. The Balaban J connectivity index is 1.93. The van der Waals surface area contributed by atoms with Crippen LogP contribution in [0.1, 0.15) is 69.2 Å². The van der Waals surface area contributed by atoms with E-state index >= 15 is 0 Å². The van der Waals surface area contributed by atoms with E-state index in [1.807, 2.05) is 29.2 Å². The lowest BCUT2D eigenvalue weighted by molar-refractivity contribution is -0.139. The molecule has 1 aliphatic rings. The van der Waals surface area contributed by atoms with Crippen molar-refractivity contribution < 1.29 is 19.0 Å². The van der Waals surface area contributed by atoms with E-state index in [0.717, 1.165) is 36.3 Å². The number of nitrogens with zero attached hydrogens (tertiary/aromatic N) is 1. The Hall–Kier alpha value is -2.69. The van der Waals surface area contributed by atoms with E-state index < -0.39 is 0 Å². The van der Waals surface area contributed by atoms with Crippen molar-refractivity contribution in [2.45, 2.75) is 58.9 Å². The van der Waals surface area contributed by atoms with Crippen LogP contribution >= 0.6 is 0 Å². The molecular weight excluding hydrogens is 402 g/mol. The lowest BCUT2D eigenvalue weighted by Crippen LogP contribution is -2.45. The van der Waals surface area contributed by atoms with Crippen molar-refractivity contribution in [2.24, 2.45) is 5.92 Å². The van der Waals surface area contributed by atoms with Crippen LogP contribution in [-0.4, -0.2) is 38.2 Å². The Bertz CT molecular complexity index is 903. The molecule has 0 aromatic heterocycles. The minimum absolute atomic E-state index is 0.0320. The van der Waals surface area contributed by atoms with Crippen LogP contribution in [0.2, 0.25) is 0 Å². The molecule has 0 saturated carbocycles. The maximum atomic E-state index is 13.4. The van der Waals surface area contributed by atoms with Gasteiger partial charge in [-0.1, -0.05) is 39.8 Å². The normalized spacial score (nSPS) is 15.6. The zero-order valence-electron chi connectivity index (χ0n) is 20.3. The van der Waals surface area contributed by atoms with Gasteiger partial charge in [0.15, 0.2) is 11.5 Å². The first-order valence-electron chi connectivity index (χ1n) is 11.7. The molecule has 0 bridgehead atoms. The topological polar surface area (TPSA) is 48.0 Å². The smallest absolute Gasteiger partial charge is 0.226 e. The average molecular weight is 440 g/mol. The average Bonchev–Trinajstić information content (AvgIpc) is 2.82. The molecule has 5 heteroatoms. The standard InChI is InChI=1S/C27H37NO4/c1-7-19(8-2)27(29)28-14-13-21-15-25(30-5)26(31-6)16-23(21)24(28)17-32-22-11-9-20(10-12-22)18(3)4/h9-12,15-16,18-19,24H,7-8,13-14,17H2,1-6H3. The van der Waals surface area contributed by atoms with E-state index in [0.29, 0.717) is 24.8 Å². The van der Waals surface area contributed by atoms with Gasteiger partial charge in [0.2, 0.25) is 5.91 Å². The van der Waals surface area contributed by atoms with Crippen LogP contribution in [0.3, 0.4) is 0 Å². The summed E-state index contributed by atoms with van der Waals surface area (Å²) in [4.78, 5) is 15.4. The zero-order valence-corrected chi connectivity index (χ0v) is 20.3. The first-order chi connectivity index (χ1) is 15.4. The minimum Gasteiger partial charge on any atom is -0.493 e. The second-order valence-electron chi connectivity index (χ2n) is 8.75. The number of carbonyl (C=O) groups is 1. The molecule has 0 saturated heterocycles. The van der Waals surface area contributed by atoms with E-state index in [-0.39, 0.29) is 17.9 Å². The lowest BCUT2D eigenvalue weighted by Gasteiger charge is -2.39. The molecule has 0 fully saturated rings. The van der Waals surface area contributed by atoms with E-state index in [1.54, 1.807) is 14.2 Å². The van der Waals surface area contributed by atoms with Crippen molar-refractivity contribution in [2.75, 3.05) is 27.4 Å². The summed E-state index contributed by atoms with van der Waals surface area (Å²) in [6.45, 7) is 9.60. The van der Waals surface area contributed by atoms with Crippen LogP contribution in [0.25, 0.3) is 0 Å². The van der Waals surface area contributed by atoms with Crippen molar-refractivity contribution in [1.82, 2.24) is 4.90 Å². The second-order valence-corrected chi connectivity index (χ2v) is 8.75. The summed E-state index contributed by atoms with van der Waals surface area (Å²) in [7, 11) is 3.29. The van der Waals surface area contributed by atoms with Crippen molar-refractivity contribution >= 4 is 5.91 Å². The van der Waals surface area contributed by atoms with E-state index in [2.05, 4.69) is 39.8 Å². The Morgan fingerprint density at radius 2 is 1.66 bits per heavy atom. The van der Waals surface area contributed by atoms with Gasteiger partial charge in [0.25, 0.3) is 0 Å². The summed E-state index contributed by atoms with van der Waals surface area (Å²) in [5.74, 6) is 2.93. The molecule has 1 amide bonds. The molecule has 0 spiro atoms. The van der Waals surface area contributed by atoms with Gasteiger partial charge in [-0.05, 0) is 66.1 Å². The third-order valence-electron chi connectivity index (χ3n) is 6.58. The Labute approximate surface area is 192 Å². The predicted molar refractivity (Wildman–Crippen MR) is 128 cm³/mol. The molecule has 2 aromatic rings. The van der Waals surface area contributed by atoms with E-state index in [9.17, 15) is 4.79 Å². The number of carbonyl (C=O) groups excluding carboxylic acids is 1. The summed E-state index contributed by atoms with van der Waals surface area (Å²) < 4.78 is 17.3. The van der Waals surface area contributed by atoms with Crippen molar-refractivity contribution in [3.63, 3.8) is 0 Å². The van der Waals surface area contributed by atoms with Crippen molar-refractivity contribution in [3.05, 3.63) is 53.1 Å². The maximum absolute atomic E-state index is 13.4. The van der Waals surface area contributed by atoms with Crippen LogP contribution in [0.4, 0.5) is 0 Å². The highest BCUT2D eigenvalue weighted by atomic mass is 16.5. The van der Waals surface area contributed by atoms with Crippen LogP contribution in [-0.2, 0) is 11.2 Å². The Kier molecular flexibility index (Phi) is 8.05. The fourth-order valence-electron chi connectivity index (χ4n) is 4.47. The number of amides is 1. The number of rotatable bonds is 9. The molecule has 1 heterocycles. The SMILES string of the molecule is CCC(CC)C(=O)N1CCc2cc(OC)c(OC)cc2C1COc1ccc(C(C)C)cc1. The highest BCUT2D eigenvalue weighted by Crippen LogP contribution is 2.39. The number of ether oxygens (including phenoxy) is 3. The van der Waals surface area contributed by atoms with Crippen LogP contribution in [0, 0.1) is 5.92 Å². The number of hydrogen-bond donors (Lipinski definition) is 0. The molecule has 0 N–H and O–H groups in total. The summed E-state index contributed by atoms with van der Waals surface area (Å²) >= 11 is 0. The second kappa shape index (κ2) is 10.8. The maximum Gasteiger partial charge on any atom is 0.226 e. The Morgan fingerprint density at radius 1 is 1.03 bits per heavy atom. The van der Waals surface area contributed by atoms with Gasteiger partial charge in [-0.2, -0.15) is 0 Å². The van der Waals surface area contributed by atoms with Gasteiger partial charge in [0.1, 0.15) is 12.4 Å². The molecule has 32 heavy (non-hydrogen) atoms. The van der Waals surface area contributed by atoms with E-state index in [4.69, 9.17) is 14.2 Å². The fraction of sp³-hybridized carbons (Fsp3) is 0.519. The number of hydrogen-bond acceptors (Lipinski definition) is 4. The largest absolute Gasteiger partial charge is 0.493 e. The Morgan fingerprint density at radius 3 is 2.22 bits per heavy atom. The summed E-state index contributed by atoms with van der Waals surface area (Å²) in [6, 6.07) is 12.1. The van der Waals surface area contributed by atoms with Crippen LogP contribution in [0.5, 0.6) is 17.2 Å². The fourth-order valence-corrected chi connectivity index (χ4v) is 4.47. The van der Waals surface area contributed by atoms with Gasteiger partial charge < -0.3 is 19.1 Å². The lowest BCUT2D eigenvalue weighted by atomic mass is 9.90. The summed E-state index contributed by atoms with van der Waals surface area (Å²) in [5, 5.41) is 0. The zero-order chi connectivity index (χ0) is 23.3. The molecule has 174 valence electrons. The molecule has 2 aromatic carbocycles. The predicted octanol–water partition coefficient (Wildman–Crippen LogP) is 5.77. The molecular formula is C27H37NO4. The summed E-state index contributed by atoms with van der Waals surface area (Å²) in [5.41, 5.74) is 3.54. The monoisotopic (exact) mass is 439 g/mol. The highest BCUT2D eigenvalue weighted by Gasteiger charge is 2.35. The third kappa shape index (κ3) is 5.03. The van der Waals surface area contributed by atoms with Gasteiger partial charge in [0, 0.05) is 12.5 Å². The number of fused-ring (bicyclic) bond motifs is 1. The molecule has 5 nitrogen and oxygen atoms in total. The third-order valence-corrected chi connectivity index (χ3v) is 6.58. The summed E-state index contributed by atoms with van der Waals surface area (Å²) in [6.07, 6.45) is 2.48. The molecule has 1 unspecified atom stereocenters. The van der Waals surface area contributed by atoms with Gasteiger partial charge in [-0.15, -0.1) is 0 Å². The van der Waals surface area contributed by atoms with Gasteiger partial charge in [-0.3, -0.25) is 4.79 Å². The van der Waals surface area contributed by atoms with Gasteiger partial charge >= 0.3 is 0 Å². The molecule has 0 radical (unpaired) electrons.